The molecule has 0 fully saturated rings. The number of methoxy groups -OCH3 is 1. The van der Waals surface area contributed by atoms with Gasteiger partial charge in [0.05, 0.1) is 7.11 Å². The van der Waals surface area contributed by atoms with Crippen LogP contribution in [0.15, 0.2) is 18.2 Å². The first-order chi connectivity index (χ1) is 10.5. The lowest BCUT2D eigenvalue weighted by Crippen LogP contribution is -2.43. The predicted molar refractivity (Wildman–Crippen MR) is 88.6 cm³/mol. The van der Waals surface area contributed by atoms with Gasteiger partial charge in [0.15, 0.2) is 6.61 Å². The fourth-order valence-corrected chi connectivity index (χ4v) is 2.31. The molecule has 22 heavy (non-hydrogen) atoms. The standard InChI is InChI=1S/C15H20ClNO4S/c1-10-8-11(4-5-12(10)16)21-9-14(18)17-13(6-7-22-3)15(19)20-2/h4-5,8,13H,6-7,9H2,1-3H3,(H,17,18)/t13-/m1/s1. The van der Waals surface area contributed by atoms with E-state index in [4.69, 9.17) is 16.3 Å². The number of esters is 1. The molecule has 7 heteroatoms. The summed E-state index contributed by atoms with van der Waals surface area (Å²) in [5.41, 5.74) is 0.868. The number of benzene rings is 1. The van der Waals surface area contributed by atoms with Crippen molar-refractivity contribution in [1.29, 1.82) is 0 Å². The van der Waals surface area contributed by atoms with E-state index in [0.717, 1.165) is 11.3 Å². The molecule has 0 aromatic heterocycles. The van der Waals surface area contributed by atoms with Crippen LogP contribution in [0.2, 0.25) is 5.02 Å². The molecule has 0 saturated carbocycles. The Morgan fingerprint density at radius 2 is 2.14 bits per heavy atom. The molecule has 0 bridgehead atoms. The van der Waals surface area contributed by atoms with Gasteiger partial charge in [-0.25, -0.2) is 4.79 Å². The molecule has 0 spiro atoms. The highest BCUT2D eigenvalue weighted by Gasteiger charge is 2.21. The SMILES string of the molecule is COC(=O)[C@@H](CCSC)NC(=O)COc1ccc(Cl)c(C)c1. The number of aryl methyl sites for hydroxylation is 1. The normalized spacial score (nSPS) is 11.6. The average Bonchev–Trinajstić information content (AvgIpc) is 2.51. The smallest absolute Gasteiger partial charge is 0.328 e. The van der Waals surface area contributed by atoms with Gasteiger partial charge in [0, 0.05) is 5.02 Å². The van der Waals surface area contributed by atoms with Gasteiger partial charge in [0.2, 0.25) is 0 Å². The molecule has 0 saturated heterocycles. The Bertz CT molecular complexity index is 524. The minimum Gasteiger partial charge on any atom is -0.484 e. The van der Waals surface area contributed by atoms with Gasteiger partial charge in [0.1, 0.15) is 11.8 Å². The Morgan fingerprint density at radius 3 is 2.73 bits per heavy atom. The number of nitrogens with one attached hydrogen (secondary N) is 1. The fraction of sp³-hybridized carbons (Fsp3) is 0.467. The topological polar surface area (TPSA) is 64.6 Å². The van der Waals surface area contributed by atoms with E-state index >= 15 is 0 Å². The van der Waals surface area contributed by atoms with Gasteiger partial charge < -0.3 is 14.8 Å². The van der Waals surface area contributed by atoms with Crippen LogP contribution >= 0.6 is 23.4 Å². The molecular weight excluding hydrogens is 326 g/mol. The van der Waals surface area contributed by atoms with E-state index in [9.17, 15) is 9.59 Å². The first kappa shape index (κ1) is 18.6. The lowest BCUT2D eigenvalue weighted by Gasteiger charge is -2.16. The molecule has 1 amide bonds. The number of amides is 1. The van der Waals surface area contributed by atoms with Gasteiger partial charge in [0.25, 0.3) is 5.91 Å². The second kappa shape index (κ2) is 9.58. The summed E-state index contributed by atoms with van der Waals surface area (Å²) in [5, 5.41) is 3.26. The molecular formula is C15H20ClNO4S. The van der Waals surface area contributed by atoms with Crippen LogP contribution in [0.4, 0.5) is 0 Å². The summed E-state index contributed by atoms with van der Waals surface area (Å²) in [6, 6.07) is 4.50. The van der Waals surface area contributed by atoms with Gasteiger partial charge >= 0.3 is 5.97 Å². The van der Waals surface area contributed by atoms with E-state index in [-0.39, 0.29) is 12.5 Å². The maximum absolute atomic E-state index is 11.9. The van der Waals surface area contributed by atoms with Gasteiger partial charge in [-0.3, -0.25) is 4.79 Å². The third-order valence-corrected chi connectivity index (χ3v) is 4.00. The molecule has 122 valence electrons. The molecule has 0 aliphatic carbocycles. The Kier molecular flexibility index (Phi) is 8.12. The third-order valence-electron chi connectivity index (χ3n) is 2.93. The molecule has 0 unspecified atom stereocenters. The van der Waals surface area contributed by atoms with Crippen LogP contribution in [0.3, 0.4) is 0 Å². The summed E-state index contributed by atoms with van der Waals surface area (Å²) >= 11 is 7.52. The van der Waals surface area contributed by atoms with Crippen LogP contribution in [-0.2, 0) is 14.3 Å². The Hall–Kier alpha value is -1.40. The summed E-state index contributed by atoms with van der Waals surface area (Å²) in [5.74, 6) is 0.474. The molecule has 0 heterocycles. The average molecular weight is 346 g/mol. The number of hydrogen-bond acceptors (Lipinski definition) is 5. The van der Waals surface area contributed by atoms with Crippen molar-refractivity contribution >= 4 is 35.2 Å². The van der Waals surface area contributed by atoms with Crippen molar-refractivity contribution in [2.45, 2.75) is 19.4 Å². The van der Waals surface area contributed by atoms with Gasteiger partial charge in [-0.15, -0.1) is 0 Å². The number of rotatable bonds is 8. The molecule has 0 radical (unpaired) electrons. The lowest BCUT2D eigenvalue weighted by atomic mass is 10.2. The molecule has 0 aliphatic rings. The van der Waals surface area contributed by atoms with Crippen LogP contribution < -0.4 is 10.1 Å². The number of carbonyl (C=O) groups is 2. The zero-order valence-corrected chi connectivity index (χ0v) is 14.4. The van der Waals surface area contributed by atoms with Crippen LogP contribution in [0, 0.1) is 6.92 Å². The van der Waals surface area contributed by atoms with Crippen molar-refractivity contribution in [3.05, 3.63) is 28.8 Å². The minimum atomic E-state index is -0.652. The second-order valence-electron chi connectivity index (χ2n) is 4.62. The minimum absolute atomic E-state index is 0.173. The molecule has 1 rings (SSSR count). The molecule has 1 atom stereocenters. The van der Waals surface area contributed by atoms with Crippen LogP contribution in [0.1, 0.15) is 12.0 Å². The van der Waals surface area contributed by atoms with E-state index in [0.29, 0.717) is 17.2 Å². The highest BCUT2D eigenvalue weighted by Crippen LogP contribution is 2.20. The van der Waals surface area contributed by atoms with Crippen molar-refractivity contribution < 1.29 is 19.1 Å². The second-order valence-corrected chi connectivity index (χ2v) is 6.02. The third kappa shape index (κ3) is 6.15. The summed E-state index contributed by atoms with van der Waals surface area (Å²) in [4.78, 5) is 23.5. The fourth-order valence-electron chi connectivity index (χ4n) is 1.72. The van der Waals surface area contributed by atoms with E-state index in [1.165, 1.54) is 7.11 Å². The first-order valence-corrected chi connectivity index (χ1v) is 8.50. The monoisotopic (exact) mass is 345 g/mol. The van der Waals surface area contributed by atoms with Crippen molar-refractivity contribution in [2.24, 2.45) is 0 Å². The maximum Gasteiger partial charge on any atom is 0.328 e. The number of thioether (sulfide) groups is 1. The summed E-state index contributed by atoms with van der Waals surface area (Å²) in [7, 11) is 1.30. The summed E-state index contributed by atoms with van der Waals surface area (Å²) < 4.78 is 10.1. The highest BCUT2D eigenvalue weighted by atomic mass is 35.5. The Morgan fingerprint density at radius 1 is 1.41 bits per heavy atom. The summed E-state index contributed by atoms with van der Waals surface area (Å²) in [6.07, 6.45) is 2.45. The number of halogens is 1. The zero-order chi connectivity index (χ0) is 16.5. The zero-order valence-electron chi connectivity index (χ0n) is 12.8. The molecule has 1 aromatic carbocycles. The Balaban J connectivity index is 2.52. The van der Waals surface area contributed by atoms with Gasteiger partial charge in [-0.05, 0) is 49.1 Å². The molecule has 1 aromatic rings. The number of ether oxygens (including phenoxy) is 2. The molecule has 0 aliphatic heterocycles. The highest BCUT2D eigenvalue weighted by molar-refractivity contribution is 7.98. The van der Waals surface area contributed by atoms with E-state index in [2.05, 4.69) is 10.1 Å². The largest absolute Gasteiger partial charge is 0.484 e. The van der Waals surface area contributed by atoms with Crippen LogP contribution in [0.5, 0.6) is 5.75 Å². The quantitative estimate of drug-likeness (QED) is 0.733. The predicted octanol–water partition coefficient (Wildman–Crippen LogP) is 2.44. The van der Waals surface area contributed by atoms with Gasteiger partial charge in [-0.1, -0.05) is 11.6 Å². The first-order valence-electron chi connectivity index (χ1n) is 6.73. The number of carbonyl (C=O) groups excluding carboxylic acids is 2. The van der Waals surface area contributed by atoms with Crippen molar-refractivity contribution in [2.75, 3.05) is 25.7 Å². The van der Waals surface area contributed by atoms with E-state index < -0.39 is 12.0 Å². The van der Waals surface area contributed by atoms with Crippen molar-refractivity contribution in [1.82, 2.24) is 5.32 Å². The molecule has 1 N–H and O–H groups in total. The number of hydrogen-bond donors (Lipinski definition) is 1. The Labute approximate surface area is 139 Å². The lowest BCUT2D eigenvalue weighted by molar-refractivity contribution is -0.145. The van der Waals surface area contributed by atoms with Crippen LogP contribution in [0.25, 0.3) is 0 Å². The van der Waals surface area contributed by atoms with Crippen LogP contribution in [-0.4, -0.2) is 43.6 Å². The summed E-state index contributed by atoms with van der Waals surface area (Å²) in [6.45, 7) is 1.68. The van der Waals surface area contributed by atoms with E-state index in [1.807, 2.05) is 13.2 Å². The maximum atomic E-state index is 11.9. The molecule has 5 nitrogen and oxygen atoms in total. The van der Waals surface area contributed by atoms with Crippen molar-refractivity contribution in [3.63, 3.8) is 0 Å². The van der Waals surface area contributed by atoms with Crippen molar-refractivity contribution in [3.8, 4) is 5.75 Å². The van der Waals surface area contributed by atoms with Gasteiger partial charge in [-0.2, -0.15) is 11.8 Å². The van der Waals surface area contributed by atoms with E-state index in [1.54, 1.807) is 30.0 Å².